The maximum absolute atomic E-state index is 12.8. The van der Waals surface area contributed by atoms with E-state index in [4.69, 9.17) is 0 Å². The van der Waals surface area contributed by atoms with E-state index in [2.05, 4.69) is 37.4 Å². The summed E-state index contributed by atoms with van der Waals surface area (Å²) in [4.78, 5) is 27.4. The molecule has 2 aliphatic rings. The summed E-state index contributed by atoms with van der Waals surface area (Å²) in [5.41, 5.74) is 3.42. The molecule has 0 radical (unpaired) electrons. The summed E-state index contributed by atoms with van der Waals surface area (Å²) in [6, 6.07) is 6.27. The minimum Gasteiger partial charge on any atom is -0.342 e. The van der Waals surface area contributed by atoms with Crippen molar-refractivity contribution in [2.24, 2.45) is 11.8 Å². The van der Waals surface area contributed by atoms with E-state index in [0.717, 1.165) is 70.1 Å². The van der Waals surface area contributed by atoms with Crippen LogP contribution in [-0.2, 0) is 22.4 Å². The standard InChI is InChI=1S/C22H32N2O2/c1-3-16-8-7-9-17(4-2)20(16)23-21(25)18-10-12-19(13-11-18)22(26)24-14-5-6-15-24/h7-9,18-19H,3-6,10-15H2,1-2H3,(H,23,25). The molecule has 1 aromatic rings. The number of likely N-dealkylation sites (tertiary alicyclic amines) is 1. The molecule has 1 aliphatic heterocycles. The summed E-state index contributed by atoms with van der Waals surface area (Å²) in [6.07, 6.45) is 7.46. The van der Waals surface area contributed by atoms with Crippen LogP contribution in [-0.4, -0.2) is 29.8 Å². The summed E-state index contributed by atoms with van der Waals surface area (Å²) in [5.74, 6) is 0.622. The zero-order chi connectivity index (χ0) is 18.5. The van der Waals surface area contributed by atoms with E-state index in [0.29, 0.717) is 5.91 Å². The van der Waals surface area contributed by atoms with Crippen molar-refractivity contribution < 1.29 is 9.59 Å². The Labute approximate surface area is 157 Å². The zero-order valence-corrected chi connectivity index (χ0v) is 16.2. The van der Waals surface area contributed by atoms with Crippen LogP contribution in [0, 0.1) is 11.8 Å². The molecule has 3 rings (SSSR count). The van der Waals surface area contributed by atoms with Gasteiger partial charge in [0.05, 0.1) is 0 Å². The number of nitrogens with zero attached hydrogens (tertiary/aromatic N) is 1. The molecule has 4 nitrogen and oxygen atoms in total. The number of para-hydroxylation sites is 1. The van der Waals surface area contributed by atoms with Crippen LogP contribution in [0.2, 0.25) is 0 Å². The van der Waals surface area contributed by atoms with E-state index in [1.54, 1.807) is 0 Å². The number of hydrogen-bond acceptors (Lipinski definition) is 2. The Morgan fingerprint density at radius 2 is 1.50 bits per heavy atom. The van der Waals surface area contributed by atoms with E-state index in [1.807, 2.05) is 4.90 Å². The molecule has 0 spiro atoms. The van der Waals surface area contributed by atoms with Crippen LogP contribution < -0.4 is 5.32 Å². The molecule has 2 fully saturated rings. The first-order chi connectivity index (χ1) is 12.6. The van der Waals surface area contributed by atoms with E-state index in [1.165, 1.54) is 11.1 Å². The average Bonchev–Trinajstić information content (AvgIpc) is 3.22. The summed E-state index contributed by atoms with van der Waals surface area (Å²) in [6.45, 7) is 6.10. The maximum Gasteiger partial charge on any atom is 0.227 e. The highest BCUT2D eigenvalue weighted by Gasteiger charge is 2.33. The number of aryl methyl sites for hydroxylation is 2. The van der Waals surface area contributed by atoms with Gasteiger partial charge in [-0.25, -0.2) is 0 Å². The Morgan fingerprint density at radius 3 is 2.04 bits per heavy atom. The van der Waals surface area contributed by atoms with Crippen LogP contribution in [0.25, 0.3) is 0 Å². The molecular weight excluding hydrogens is 324 g/mol. The summed E-state index contributed by atoms with van der Waals surface area (Å²) >= 11 is 0. The van der Waals surface area contributed by atoms with Crippen molar-refractivity contribution >= 4 is 17.5 Å². The Bertz CT molecular complexity index is 619. The summed E-state index contributed by atoms with van der Waals surface area (Å²) in [5, 5.41) is 3.22. The van der Waals surface area contributed by atoms with Gasteiger partial charge in [-0.2, -0.15) is 0 Å². The highest BCUT2D eigenvalue weighted by Crippen LogP contribution is 2.32. The van der Waals surface area contributed by atoms with Gasteiger partial charge < -0.3 is 10.2 Å². The molecule has 1 aliphatic carbocycles. The highest BCUT2D eigenvalue weighted by molar-refractivity contribution is 5.94. The number of benzene rings is 1. The minimum absolute atomic E-state index is 0.0345. The number of hydrogen-bond donors (Lipinski definition) is 1. The molecule has 0 unspecified atom stereocenters. The fraction of sp³-hybridized carbons (Fsp3) is 0.636. The molecule has 26 heavy (non-hydrogen) atoms. The molecule has 4 heteroatoms. The van der Waals surface area contributed by atoms with Crippen molar-refractivity contribution in [1.82, 2.24) is 4.90 Å². The van der Waals surface area contributed by atoms with Crippen molar-refractivity contribution in [3.05, 3.63) is 29.3 Å². The van der Waals surface area contributed by atoms with Gasteiger partial charge in [0.2, 0.25) is 11.8 Å². The van der Waals surface area contributed by atoms with E-state index >= 15 is 0 Å². The molecule has 0 bridgehead atoms. The monoisotopic (exact) mass is 356 g/mol. The number of carbonyl (C=O) groups is 2. The van der Waals surface area contributed by atoms with Gasteiger partial charge in [-0.1, -0.05) is 32.0 Å². The fourth-order valence-corrected chi connectivity index (χ4v) is 4.43. The Hall–Kier alpha value is -1.84. The van der Waals surface area contributed by atoms with Crippen molar-refractivity contribution in [3.63, 3.8) is 0 Å². The normalized spacial score (nSPS) is 23.1. The minimum atomic E-state index is 0.0345. The SMILES string of the molecule is CCc1cccc(CC)c1NC(=O)C1CCC(C(=O)N2CCCC2)CC1. The van der Waals surface area contributed by atoms with Gasteiger partial charge in [-0.05, 0) is 62.5 Å². The molecule has 1 N–H and O–H groups in total. The predicted octanol–water partition coefficient (Wildman–Crippen LogP) is 4.18. The molecule has 0 atom stereocenters. The van der Waals surface area contributed by atoms with Crippen LogP contribution in [0.4, 0.5) is 5.69 Å². The smallest absolute Gasteiger partial charge is 0.227 e. The predicted molar refractivity (Wildman–Crippen MR) is 105 cm³/mol. The lowest BCUT2D eigenvalue weighted by Crippen LogP contribution is -2.37. The fourth-order valence-electron chi connectivity index (χ4n) is 4.43. The lowest BCUT2D eigenvalue weighted by molar-refractivity contribution is -0.136. The van der Waals surface area contributed by atoms with Crippen molar-refractivity contribution in [3.8, 4) is 0 Å². The number of anilines is 1. The highest BCUT2D eigenvalue weighted by atomic mass is 16.2. The number of rotatable bonds is 5. The third-order valence-electron chi connectivity index (χ3n) is 6.11. The Balaban J connectivity index is 1.58. The first-order valence-corrected chi connectivity index (χ1v) is 10.3. The molecule has 1 saturated heterocycles. The van der Waals surface area contributed by atoms with Gasteiger partial charge in [0.1, 0.15) is 0 Å². The van der Waals surface area contributed by atoms with E-state index in [9.17, 15) is 9.59 Å². The molecule has 1 saturated carbocycles. The molecule has 142 valence electrons. The van der Waals surface area contributed by atoms with Gasteiger partial charge in [0.25, 0.3) is 0 Å². The lowest BCUT2D eigenvalue weighted by atomic mass is 9.81. The number of amides is 2. The van der Waals surface area contributed by atoms with Crippen molar-refractivity contribution in [2.75, 3.05) is 18.4 Å². The van der Waals surface area contributed by atoms with Crippen LogP contribution in [0.15, 0.2) is 18.2 Å². The second-order valence-electron chi connectivity index (χ2n) is 7.73. The first-order valence-electron chi connectivity index (χ1n) is 10.3. The van der Waals surface area contributed by atoms with Crippen LogP contribution >= 0.6 is 0 Å². The molecule has 1 aromatic carbocycles. The van der Waals surface area contributed by atoms with Crippen molar-refractivity contribution in [1.29, 1.82) is 0 Å². The number of nitrogens with one attached hydrogen (secondary N) is 1. The van der Waals surface area contributed by atoms with Crippen LogP contribution in [0.3, 0.4) is 0 Å². The van der Waals surface area contributed by atoms with Gasteiger partial charge in [-0.3, -0.25) is 9.59 Å². The quantitative estimate of drug-likeness (QED) is 0.860. The Morgan fingerprint density at radius 1 is 0.962 bits per heavy atom. The van der Waals surface area contributed by atoms with E-state index in [-0.39, 0.29) is 17.7 Å². The molecule has 1 heterocycles. The average molecular weight is 357 g/mol. The third-order valence-corrected chi connectivity index (χ3v) is 6.11. The third kappa shape index (κ3) is 4.11. The van der Waals surface area contributed by atoms with Gasteiger partial charge in [-0.15, -0.1) is 0 Å². The topological polar surface area (TPSA) is 49.4 Å². The van der Waals surface area contributed by atoms with Gasteiger partial charge in [0, 0.05) is 30.6 Å². The Kier molecular flexibility index (Phi) is 6.33. The second kappa shape index (κ2) is 8.70. The second-order valence-corrected chi connectivity index (χ2v) is 7.73. The summed E-state index contributed by atoms with van der Waals surface area (Å²) in [7, 11) is 0. The largest absolute Gasteiger partial charge is 0.342 e. The number of carbonyl (C=O) groups excluding carboxylic acids is 2. The lowest BCUT2D eigenvalue weighted by Gasteiger charge is -2.30. The molecular formula is C22H32N2O2. The summed E-state index contributed by atoms with van der Waals surface area (Å²) < 4.78 is 0. The van der Waals surface area contributed by atoms with Gasteiger partial charge in [0.15, 0.2) is 0 Å². The van der Waals surface area contributed by atoms with E-state index < -0.39 is 0 Å². The molecule has 2 amide bonds. The van der Waals surface area contributed by atoms with Crippen LogP contribution in [0.1, 0.15) is 63.5 Å². The maximum atomic E-state index is 12.8. The van der Waals surface area contributed by atoms with Gasteiger partial charge >= 0.3 is 0 Å². The zero-order valence-electron chi connectivity index (χ0n) is 16.2. The molecule has 0 aromatic heterocycles. The van der Waals surface area contributed by atoms with Crippen LogP contribution in [0.5, 0.6) is 0 Å². The first kappa shape index (κ1) is 18.9. The van der Waals surface area contributed by atoms with Crippen molar-refractivity contribution in [2.45, 2.75) is 65.2 Å².